The maximum absolute atomic E-state index is 5.96. The van der Waals surface area contributed by atoms with Gasteiger partial charge in [0.1, 0.15) is 0 Å². The van der Waals surface area contributed by atoms with Crippen molar-refractivity contribution in [1.82, 2.24) is 15.5 Å². The molecule has 2 fully saturated rings. The largest absolute Gasteiger partial charge is 0.399 e. The zero-order valence-electron chi connectivity index (χ0n) is 17.9. The second-order valence-electron chi connectivity index (χ2n) is 9.21. The standard InChI is InChI=1S/C25H31N5/c1-17-3-5-20(6-4-17)23-14-28-25(2,29-24(23)21-7-9-22(26)10-8-21)30-15-18-11-19(16-30)13-27-12-18/h3-10,14,18-19,27,29H,11-13,15-16,26H2,1-2H3. The minimum absolute atomic E-state index is 0.445. The quantitative estimate of drug-likeness (QED) is 0.690. The lowest BCUT2D eigenvalue weighted by molar-refractivity contribution is 0.00775. The van der Waals surface area contributed by atoms with E-state index in [0.29, 0.717) is 11.8 Å². The van der Waals surface area contributed by atoms with Crippen molar-refractivity contribution in [2.45, 2.75) is 26.1 Å². The van der Waals surface area contributed by atoms with Crippen molar-refractivity contribution in [3.63, 3.8) is 0 Å². The fraction of sp³-hybridized carbons (Fsp3) is 0.400. The molecule has 4 N–H and O–H groups in total. The monoisotopic (exact) mass is 401 g/mol. The van der Waals surface area contributed by atoms with Crippen molar-refractivity contribution >= 4 is 23.2 Å². The van der Waals surface area contributed by atoms with Crippen LogP contribution in [0, 0.1) is 18.8 Å². The summed E-state index contributed by atoms with van der Waals surface area (Å²) in [6.07, 6.45) is 3.40. The molecule has 5 rings (SSSR count). The molecule has 5 nitrogen and oxygen atoms in total. The highest BCUT2D eigenvalue weighted by molar-refractivity contribution is 6.20. The van der Waals surface area contributed by atoms with Crippen molar-refractivity contribution in [2.75, 3.05) is 31.9 Å². The third-order valence-corrected chi connectivity index (χ3v) is 6.74. The van der Waals surface area contributed by atoms with Crippen molar-refractivity contribution < 1.29 is 0 Å². The molecule has 0 radical (unpaired) electrons. The molecule has 3 heterocycles. The Bertz CT molecular complexity index is 964. The van der Waals surface area contributed by atoms with Crippen LogP contribution in [0.1, 0.15) is 30.0 Å². The van der Waals surface area contributed by atoms with Crippen LogP contribution in [0.4, 0.5) is 5.69 Å². The molecule has 2 aromatic rings. The van der Waals surface area contributed by atoms with Gasteiger partial charge in [0.2, 0.25) is 0 Å². The average Bonchev–Trinajstić information content (AvgIpc) is 2.75. The summed E-state index contributed by atoms with van der Waals surface area (Å²) in [6.45, 7) is 8.69. The molecule has 3 aliphatic rings. The molecule has 3 unspecified atom stereocenters. The number of nitrogens with two attached hydrogens (primary N) is 1. The number of benzene rings is 2. The molecule has 0 saturated carbocycles. The number of rotatable bonds is 3. The molecule has 0 amide bonds. The Morgan fingerprint density at radius 1 is 0.967 bits per heavy atom. The maximum Gasteiger partial charge on any atom is 0.184 e. The number of hydrogen-bond donors (Lipinski definition) is 3. The smallest absolute Gasteiger partial charge is 0.184 e. The van der Waals surface area contributed by atoms with Crippen LogP contribution in [0.15, 0.2) is 53.5 Å². The molecule has 2 saturated heterocycles. The Labute approximate surface area is 179 Å². The summed E-state index contributed by atoms with van der Waals surface area (Å²) in [4.78, 5) is 7.61. The summed E-state index contributed by atoms with van der Waals surface area (Å²) in [6, 6.07) is 16.8. The number of anilines is 1. The number of aryl methyl sites for hydroxylation is 1. The van der Waals surface area contributed by atoms with Gasteiger partial charge >= 0.3 is 0 Å². The van der Waals surface area contributed by atoms with Crippen molar-refractivity contribution in [2.24, 2.45) is 16.8 Å². The number of hydrogen-bond acceptors (Lipinski definition) is 5. The molecule has 5 heteroatoms. The van der Waals surface area contributed by atoms with E-state index in [9.17, 15) is 0 Å². The van der Waals surface area contributed by atoms with Crippen LogP contribution in [-0.2, 0) is 0 Å². The normalized spacial score (nSPS) is 29.0. The number of aliphatic imine (C=N–C) groups is 1. The number of nitrogens with zero attached hydrogens (tertiary/aromatic N) is 2. The van der Waals surface area contributed by atoms with E-state index in [1.54, 1.807) is 0 Å². The Morgan fingerprint density at radius 3 is 2.27 bits per heavy atom. The Hall–Kier alpha value is -2.63. The zero-order chi connectivity index (χ0) is 20.7. The van der Waals surface area contributed by atoms with Gasteiger partial charge < -0.3 is 16.4 Å². The SMILES string of the molecule is Cc1ccc(C2=C(c3ccc(N)cc3)NC(C)(N3CC4CNCC(C4)C3)N=C2)cc1. The van der Waals surface area contributed by atoms with Crippen molar-refractivity contribution in [3.05, 3.63) is 65.2 Å². The Morgan fingerprint density at radius 2 is 1.60 bits per heavy atom. The van der Waals surface area contributed by atoms with Crippen LogP contribution in [0.5, 0.6) is 0 Å². The Balaban J connectivity index is 1.52. The first-order chi connectivity index (χ1) is 14.5. The van der Waals surface area contributed by atoms with Crippen LogP contribution >= 0.6 is 0 Å². The fourth-order valence-corrected chi connectivity index (χ4v) is 5.04. The molecule has 0 spiro atoms. The topological polar surface area (TPSA) is 65.7 Å². The molecular weight excluding hydrogens is 370 g/mol. The Kier molecular flexibility index (Phi) is 4.88. The third-order valence-electron chi connectivity index (χ3n) is 6.74. The summed E-state index contributed by atoms with van der Waals surface area (Å²) in [7, 11) is 0. The molecule has 30 heavy (non-hydrogen) atoms. The number of nitrogen functional groups attached to an aromatic ring is 1. The minimum atomic E-state index is -0.445. The second kappa shape index (κ2) is 7.56. The fourth-order valence-electron chi connectivity index (χ4n) is 5.04. The molecule has 3 aliphatic heterocycles. The lowest BCUT2D eigenvalue weighted by atomic mass is 9.85. The maximum atomic E-state index is 5.96. The van der Waals surface area contributed by atoms with Crippen molar-refractivity contribution in [3.8, 4) is 0 Å². The van der Waals surface area contributed by atoms with Gasteiger partial charge in [-0.25, -0.2) is 0 Å². The third kappa shape index (κ3) is 3.64. The first-order valence-electron chi connectivity index (χ1n) is 11.0. The van der Waals surface area contributed by atoms with E-state index in [1.807, 2.05) is 12.1 Å². The molecule has 0 aliphatic carbocycles. The molecule has 3 atom stereocenters. The summed E-state index contributed by atoms with van der Waals surface area (Å²) in [5.41, 5.74) is 12.5. The highest BCUT2D eigenvalue weighted by Gasteiger charge is 2.41. The highest BCUT2D eigenvalue weighted by Crippen LogP contribution is 2.35. The highest BCUT2D eigenvalue weighted by atomic mass is 15.4. The van der Waals surface area contributed by atoms with E-state index in [-0.39, 0.29) is 0 Å². The van der Waals surface area contributed by atoms with E-state index in [2.05, 4.69) is 72.0 Å². The zero-order valence-corrected chi connectivity index (χ0v) is 17.9. The van der Waals surface area contributed by atoms with Gasteiger partial charge in [-0.15, -0.1) is 0 Å². The average molecular weight is 402 g/mol. The first kappa shape index (κ1) is 19.3. The number of likely N-dealkylation sites (tertiary alicyclic amines) is 1. The van der Waals surface area contributed by atoms with Gasteiger partial charge in [0.25, 0.3) is 0 Å². The summed E-state index contributed by atoms with van der Waals surface area (Å²) in [5, 5.41) is 7.42. The minimum Gasteiger partial charge on any atom is -0.399 e. The summed E-state index contributed by atoms with van der Waals surface area (Å²) >= 11 is 0. The van der Waals surface area contributed by atoms with Crippen LogP contribution in [-0.4, -0.2) is 43.1 Å². The predicted molar refractivity (Wildman–Crippen MR) is 125 cm³/mol. The number of allylic oxidation sites excluding steroid dienone is 1. The van der Waals surface area contributed by atoms with E-state index >= 15 is 0 Å². The van der Waals surface area contributed by atoms with E-state index < -0.39 is 5.79 Å². The predicted octanol–water partition coefficient (Wildman–Crippen LogP) is 3.33. The van der Waals surface area contributed by atoms with Gasteiger partial charge in [-0.05, 0) is 68.5 Å². The van der Waals surface area contributed by atoms with Crippen LogP contribution < -0.4 is 16.4 Å². The van der Waals surface area contributed by atoms with E-state index in [0.717, 1.165) is 48.7 Å². The molecular formula is C25H31N5. The molecule has 2 bridgehead atoms. The van der Waals surface area contributed by atoms with Crippen molar-refractivity contribution in [1.29, 1.82) is 0 Å². The molecule has 2 aromatic carbocycles. The molecule has 0 aromatic heterocycles. The lowest BCUT2D eigenvalue weighted by Gasteiger charge is -2.49. The van der Waals surface area contributed by atoms with Gasteiger partial charge in [0.15, 0.2) is 5.79 Å². The van der Waals surface area contributed by atoms with Gasteiger partial charge in [-0.1, -0.05) is 42.0 Å². The van der Waals surface area contributed by atoms with Gasteiger partial charge in [-0.2, -0.15) is 0 Å². The van der Waals surface area contributed by atoms with Gasteiger partial charge in [-0.3, -0.25) is 9.89 Å². The summed E-state index contributed by atoms with van der Waals surface area (Å²) < 4.78 is 0. The van der Waals surface area contributed by atoms with Crippen LogP contribution in [0.2, 0.25) is 0 Å². The van der Waals surface area contributed by atoms with Crippen LogP contribution in [0.25, 0.3) is 11.3 Å². The van der Waals surface area contributed by atoms with E-state index in [4.69, 9.17) is 10.7 Å². The molecule has 156 valence electrons. The van der Waals surface area contributed by atoms with E-state index in [1.165, 1.54) is 17.5 Å². The number of piperidine rings is 2. The number of nitrogens with one attached hydrogen (secondary N) is 2. The lowest BCUT2D eigenvalue weighted by Crippen LogP contribution is -2.63. The van der Waals surface area contributed by atoms with Gasteiger partial charge in [0, 0.05) is 30.6 Å². The second-order valence-corrected chi connectivity index (χ2v) is 9.21. The van der Waals surface area contributed by atoms with Crippen LogP contribution in [0.3, 0.4) is 0 Å². The summed E-state index contributed by atoms with van der Waals surface area (Å²) in [5.74, 6) is 0.960. The number of fused-ring (bicyclic) bond motifs is 2. The first-order valence-corrected chi connectivity index (χ1v) is 11.0. The van der Waals surface area contributed by atoms with Gasteiger partial charge in [0.05, 0.1) is 5.70 Å².